The largest absolute Gasteiger partial charge is 0.296 e. The summed E-state index contributed by atoms with van der Waals surface area (Å²) in [7, 11) is 0. The summed E-state index contributed by atoms with van der Waals surface area (Å²) in [6.07, 6.45) is 0. The summed E-state index contributed by atoms with van der Waals surface area (Å²) in [6.45, 7) is 6.37. The first kappa shape index (κ1) is 11.0. The molecule has 2 nitrogen and oxygen atoms in total. The monoisotopic (exact) mass is 236 g/mol. The second-order valence-corrected chi connectivity index (χ2v) is 4.71. The Labute approximate surface area is 107 Å². The molecule has 90 valence electrons. The van der Waals surface area contributed by atoms with Gasteiger partial charge in [-0.25, -0.2) is 4.98 Å². The Morgan fingerprint density at radius 3 is 2.33 bits per heavy atom. The lowest BCUT2D eigenvalue weighted by Gasteiger charge is -2.09. The van der Waals surface area contributed by atoms with Crippen molar-refractivity contribution in [1.82, 2.24) is 9.55 Å². The van der Waals surface area contributed by atoms with E-state index in [4.69, 9.17) is 0 Å². The number of nitrogens with zero attached hydrogens (tertiary/aromatic N) is 2. The number of hydrogen-bond donors (Lipinski definition) is 0. The second-order valence-electron chi connectivity index (χ2n) is 4.71. The van der Waals surface area contributed by atoms with E-state index in [1.54, 1.807) is 0 Å². The first-order valence-corrected chi connectivity index (χ1v) is 6.19. The Morgan fingerprint density at radius 2 is 1.61 bits per heavy atom. The molecule has 0 atom stereocenters. The summed E-state index contributed by atoms with van der Waals surface area (Å²) >= 11 is 0. The minimum atomic E-state index is 1.03. The van der Waals surface area contributed by atoms with Gasteiger partial charge in [0.05, 0.1) is 11.0 Å². The van der Waals surface area contributed by atoms with Crippen molar-refractivity contribution in [3.05, 3.63) is 59.4 Å². The molecule has 0 aliphatic heterocycles. The molecule has 2 aromatic carbocycles. The SMILES string of the molecule is Cc1ccc2nc(C)n(-c3ccccc3)c2c1C. The van der Waals surface area contributed by atoms with Crippen molar-refractivity contribution in [1.29, 1.82) is 0 Å². The molecule has 0 aliphatic carbocycles. The zero-order chi connectivity index (χ0) is 12.7. The number of aromatic nitrogens is 2. The van der Waals surface area contributed by atoms with E-state index in [0.29, 0.717) is 0 Å². The molecule has 0 unspecified atom stereocenters. The summed E-state index contributed by atoms with van der Waals surface area (Å²) < 4.78 is 2.23. The zero-order valence-electron chi connectivity index (χ0n) is 10.9. The van der Waals surface area contributed by atoms with Gasteiger partial charge in [0.25, 0.3) is 0 Å². The topological polar surface area (TPSA) is 17.8 Å². The third kappa shape index (κ3) is 1.53. The van der Waals surface area contributed by atoms with E-state index >= 15 is 0 Å². The number of para-hydroxylation sites is 1. The van der Waals surface area contributed by atoms with Crippen molar-refractivity contribution in [2.45, 2.75) is 20.8 Å². The van der Waals surface area contributed by atoms with E-state index in [1.165, 1.54) is 22.3 Å². The molecular weight excluding hydrogens is 220 g/mol. The summed E-state index contributed by atoms with van der Waals surface area (Å²) in [4.78, 5) is 4.65. The molecule has 0 saturated heterocycles. The van der Waals surface area contributed by atoms with Gasteiger partial charge in [-0.2, -0.15) is 0 Å². The lowest BCUT2D eigenvalue weighted by Crippen LogP contribution is -1.98. The third-order valence-electron chi connectivity index (χ3n) is 3.52. The van der Waals surface area contributed by atoms with E-state index in [-0.39, 0.29) is 0 Å². The molecule has 0 fully saturated rings. The van der Waals surface area contributed by atoms with Crippen molar-refractivity contribution in [2.24, 2.45) is 0 Å². The van der Waals surface area contributed by atoms with Gasteiger partial charge in [0.1, 0.15) is 5.82 Å². The average Bonchev–Trinajstić information content (AvgIpc) is 2.72. The molecule has 0 bridgehead atoms. The predicted octanol–water partition coefficient (Wildman–Crippen LogP) is 3.95. The minimum absolute atomic E-state index is 1.03. The van der Waals surface area contributed by atoms with Gasteiger partial charge in [-0.15, -0.1) is 0 Å². The highest BCUT2D eigenvalue weighted by atomic mass is 15.1. The van der Waals surface area contributed by atoms with Gasteiger partial charge in [0.15, 0.2) is 0 Å². The Bertz CT molecular complexity index is 709. The van der Waals surface area contributed by atoms with Crippen molar-refractivity contribution >= 4 is 11.0 Å². The Morgan fingerprint density at radius 1 is 0.889 bits per heavy atom. The average molecular weight is 236 g/mol. The van der Waals surface area contributed by atoms with Crippen LogP contribution in [0.3, 0.4) is 0 Å². The maximum absolute atomic E-state index is 4.65. The van der Waals surface area contributed by atoms with E-state index in [9.17, 15) is 0 Å². The number of fused-ring (bicyclic) bond motifs is 1. The van der Waals surface area contributed by atoms with Gasteiger partial charge in [-0.3, -0.25) is 4.57 Å². The van der Waals surface area contributed by atoms with Gasteiger partial charge in [0, 0.05) is 5.69 Å². The Balaban J connectivity index is 2.42. The van der Waals surface area contributed by atoms with Gasteiger partial charge < -0.3 is 0 Å². The summed E-state index contributed by atoms with van der Waals surface area (Å²) in [6, 6.07) is 14.6. The lowest BCUT2D eigenvalue weighted by atomic mass is 10.1. The van der Waals surface area contributed by atoms with Crippen LogP contribution in [0.1, 0.15) is 17.0 Å². The highest BCUT2D eigenvalue weighted by molar-refractivity contribution is 5.82. The number of benzene rings is 2. The van der Waals surface area contributed by atoms with E-state index in [2.05, 4.69) is 66.7 Å². The molecule has 1 heterocycles. The molecular formula is C16H16N2. The number of hydrogen-bond acceptors (Lipinski definition) is 1. The molecule has 18 heavy (non-hydrogen) atoms. The van der Waals surface area contributed by atoms with Crippen LogP contribution < -0.4 is 0 Å². The fourth-order valence-electron chi connectivity index (χ4n) is 2.44. The molecule has 2 heteroatoms. The molecule has 0 saturated carbocycles. The van der Waals surface area contributed by atoms with E-state index < -0.39 is 0 Å². The van der Waals surface area contributed by atoms with Crippen LogP contribution in [0.5, 0.6) is 0 Å². The first-order valence-electron chi connectivity index (χ1n) is 6.19. The Kier molecular flexibility index (Phi) is 2.44. The standard InChI is InChI=1S/C16H16N2/c1-11-9-10-15-16(12(11)2)18(13(3)17-15)14-7-5-4-6-8-14/h4-10H,1-3H3. The first-order chi connectivity index (χ1) is 8.68. The van der Waals surface area contributed by atoms with Crippen molar-refractivity contribution in [3.63, 3.8) is 0 Å². The van der Waals surface area contributed by atoms with Crippen molar-refractivity contribution < 1.29 is 0 Å². The van der Waals surface area contributed by atoms with Crippen molar-refractivity contribution in [3.8, 4) is 5.69 Å². The molecule has 0 aliphatic rings. The number of imidazole rings is 1. The molecule has 3 aromatic rings. The van der Waals surface area contributed by atoms with Crippen LogP contribution in [0.15, 0.2) is 42.5 Å². The van der Waals surface area contributed by atoms with E-state index in [1.807, 2.05) is 6.07 Å². The molecule has 1 aromatic heterocycles. The highest BCUT2D eigenvalue weighted by Crippen LogP contribution is 2.25. The normalized spacial score (nSPS) is 11.1. The molecule has 0 spiro atoms. The molecule has 0 amide bonds. The van der Waals surface area contributed by atoms with Crippen LogP contribution in [-0.4, -0.2) is 9.55 Å². The fourth-order valence-corrected chi connectivity index (χ4v) is 2.44. The van der Waals surface area contributed by atoms with Gasteiger partial charge in [-0.05, 0) is 50.1 Å². The van der Waals surface area contributed by atoms with Crippen LogP contribution in [0.25, 0.3) is 16.7 Å². The number of rotatable bonds is 1. The summed E-state index contributed by atoms with van der Waals surface area (Å²) in [5.74, 6) is 1.03. The molecule has 0 N–H and O–H groups in total. The van der Waals surface area contributed by atoms with Crippen LogP contribution in [0.4, 0.5) is 0 Å². The van der Waals surface area contributed by atoms with Crippen molar-refractivity contribution in [2.75, 3.05) is 0 Å². The maximum atomic E-state index is 4.65. The van der Waals surface area contributed by atoms with Gasteiger partial charge in [0.2, 0.25) is 0 Å². The summed E-state index contributed by atoms with van der Waals surface area (Å²) in [5, 5.41) is 0. The highest BCUT2D eigenvalue weighted by Gasteiger charge is 2.12. The van der Waals surface area contributed by atoms with Crippen LogP contribution in [-0.2, 0) is 0 Å². The Hall–Kier alpha value is -2.09. The van der Waals surface area contributed by atoms with E-state index in [0.717, 1.165) is 11.3 Å². The quantitative estimate of drug-likeness (QED) is 0.625. The van der Waals surface area contributed by atoms with Gasteiger partial charge >= 0.3 is 0 Å². The third-order valence-corrected chi connectivity index (χ3v) is 3.52. The second kappa shape index (κ2) is 3.98. The molecule has 0 radical (unpaired) electrons. The van der Waals surface area contributed by atoms with Gasteiger partial charge in [-0.1, -0.05) is 24.3 Å². The minimum Gasteiger partial charge on any atom is -0.296 e. The predicted molar refractivity (Wildman–Crippen MR) is 75.3 cm³/mol. The van der Waals surface area contributed by atoms with Crippen LogP contribution in [0.2, 0.25) is 0 Å². The zero-order valence-corrected chi connectivity index (χ0v) is 10.9. The molecule has 3 rings (SSSR count). The lowest BCUT2D eigenvalue weighted by molar-refractivity contribution is 0.997. The van der Waals surface area contributed by atoms with Crippen LogP contribution in [0, 0.1) is 20.8 Å². The fraction of sp³-hybridized carbons (Fsp3) is 0.188. The number of aryl methyl sites for hydroxylation is 3. The smallest absolute Gasteiger partial charge is 0.111 e. The van der Waals surface area contributed by atoms with Crippen LogP contribution >= 0.6 is 0 Å². The maximum Gasteiger partial charge on any atom is 0.111 e. The summed E-state index contributed by atoms with van der Waals surface area (Å²) in [5.41, 5.74) is 6.07.